The highest BCUT2D eigenvalue weighted by atomic mass is 16.6. The van der Waals surface area contributed by atoms with E-state index in [0.717, 1.165) is 42.2 Å². The van der Waals surface area contributed by atoms with Gasteiger partial charge in [-0.25, -0.2) is 9.59 Å². The van der Waals surface area contributed by atoms with Crippen molar-refractivity contribution in [1.82, 2.24) is 4.57 Å². The molecule has 2 aliphatic heterocycles. The standard InChI is InChI=1S/C25H27NO5/c1-15-17-11-10-16(7-6-12-25(2)22(31-25)21(17)30-23(15)27)14-29-24(28)19-13-26(3)20-9-5-4-8-18(19)20/h4-5,7-9,13,17,21-22H,1,6,10-12,14H2,2-3H3/b16-7+/t17-,21-,22+,25+/m0/s1. The van der Waals surface area contributed by atoms with Crippen LogP contribution in [0.3, 0.4) is 0 Å². The van der Waals surface area contributed by atoms with Gasteiger partial charge in [-0.1, -0.05) is 30.9 Å². The molecule has 0 bridgehead atoms. The second kappa shape index (κ2) is 7.38. The summed E-state index contributed by atoms with van der Waals surface area (Å²) in [5.41, 5.74) is 2.88. The second-order valence-electron chi connectivity index (χ2n) is 9.04. The molecule has 3 heterocycles. The lowest BCUT2D eigenvalue weighted by Gasteiger charge is -2.20. The number of benzene rings is 1. The molecule has 1 aromatic carbocycles. The van der Waals surface area contributed by atoms with Gasteiger partial charge >= 0.3 is 11.9 Å². The third-order valence-electron chi connectivity index (χ3n) is 6.94. The SMILES string of the molecule is C=C1C(=O)O[C@@H]2[C@H]3O[C@]3(C)CC/C=C(/COC(=O)c3cn(C)c4ccccc34)CC[C@@H]12. The van der Waals surface area contributed by atoms with Gasteiger partial charge in [-0.15, -0.1) is 0 Å². The minimum atomic E-state index is -0.325. The van der Waals surface area contributed by atoms with Crippen molar-refractivity contribution >= 4 is 22.8 Å². The number of nitrogens with zero attached hydrogens (tertiary/aromatic N) is 1. The van der Waals surface area contributed by atoms with Crippen LogP contribution in [0.1, 0.15) is 43.0 Å². The van der Waals surface area contributed by atoms with Crippen LogP contribution in [0.25, 0.3) is 10.9 Å². The van der Waals surface area contributed by atoms with E-state index in [4.69, 9.17) is 14.2 Å². The number of fused-ring (bicyclic) bond motifs is 4. The molecule has 0 amide bonds. The van der Waals surface area contributed by atoms with E-state index in [9.17, 15) is 9.59 Å². The maximum absolute atomic E-state index is 12.8. The second-order valence-corrected chi connectivity index (χ2v) is 9.04. The number of hydrogen-bond donors (Lipinski definition) is 0. The monoisotopic (exact) mass is 421 g/mol. The van der Waals surface area contributed by atoms with Gasteiger partial charge in [0, 0.05) is 35.6 Å². The van der Waals surface area contributed by atoms with E-state index in [1.165, 1.54) is 0 Å². The lowest BCUT2D eigenvalue weighted by atomic mass is 9.84. The van der Waals surface area contributed by atoms with E-state index in [2.05, 4.69) is 19.6 Å². The zero-order valence-electron chi connectivity index (χ0n) is 17.9. The van der Waals surface area contributed by atoms with Crippen LogP contribution in [-0.4, -0.2) is 40.9 Å². The van der Waals surface area contributed by atoms with Crippen molar-refractivity contribution in [1.29, 1.82) is 0 Å². The summed E-state index contributed by atoms with van der Waals surface area (Å²) in [4.78, 5) is 24.9. The van der Waals surface area contributed by atoms with Crippen molar-refractivity contribution in [3.8, 4) is 0 Å². The number of ether oxygens (including phenoxy) is 3. The van der Waals surface area contributed by atoms with Crippen molar-refractivity contribution in [2.75, 3.05) is 6.61 Å². The molecule has 1 aliphatic carbocycles. The van der Waals surface area contributed by atoms with Gasteiger partial charge in [-0.05, 0) is 44.2 Å². The Morgan fingerprint density at radius 1 is 1.35 bits per heavy atom. The zero-order chi connectivity index (χ0) is 21.8. The Morgan fingerprint density at radius 3 is 3.00 bits per heavy atom. The fraction of sp³-hybridized carbons (Fsp3) is 0.440. The van der Waals surface area contributed by atoms with Crippen molar-refractivity contribution in [2.24, 2.45) is 13.0 Å². The van der Waals surface area contributed by atoms with Crippen molar-refractivity contribution in [3.63, 3.8) is 0 Å². The number of epoxide rings is 1. The highest BCUT2D eigenvalue weighted by molar-refractivity contribution is 6.04. The smallest absolute Gasteiger partial charge is 0.340 e. The molecule has 2 aromatic rings. The number of aryl methyl sites for hydroxylation is 1. The maximum atomic E-state index is 12.8. The van der Waals surface area contributed by atoms with E-state index >= 15 is 0 Å². The summed E-state index contributed by atoms with van der Waals surface area (Å²) in [6.07, 6.45) is 6.78. The first-order valence-corrected chi connectivity index (χ1v) is 10.8. The molecule has 6 nitrogen and oxygen atoms in total. The van der Waals surface area contributed by atoms with Gasteiger partial charge in [0.2, 0.25) is 0 Å². The number of rotatable bonds is 3. The molecule has 2 fully saturated rings. The van der Waals surface area contributed by atoms with Crippen LogP contribution < -0.4 is 0 Å². The first kappa shape index (κ1) is 20.1. The van der Waals surface area contributed by atoms with Crippen LogP contribution in [0.2, 0.25) is 0 Å². The van der Waals surface area contributed by atoms with Crippen LogP contribution in [0.4, 0.5) is 0 Å². The molecule has 0 saturated carbocycles. The Bertz CT molecular complexity index is 1110. The number of aromatic nitrogens is 1. The normalized spacial score (nSPS) is 31.9. The minimum absolute atomic E-state index is 0.0557. The zero-order valence-corrected chi connectivity index (χ0v) is 17.9. The van der Waals surface area contributed by atoms with Gasteiger partial charge in [-0.3, -0.25) is 0 Å². The minimum Gasteiger partial charge on any atom is -0.458 e. The number of allylic oxidation sites excluding steroid dienone is 1. The third kappa shape index (κ3) is 3.49. The molecule has 1 aromatic heterocycles. The summed E-state index contributed by atoms with van der Waals surface area (Å²) < 4.78 is 19.2. The fourth-order valence-electron chi connectivity index (χ4n) is 4.99. The van der Waals surface area contributed by atoms with Crippen LogP contribution in [0, 0.1) is 5.92 Å². The largest absolute Gasteiger partial charge is 0.458 e. The Hall–Kier alpha value is -2.86. The fourth-order valence-corrected chi connectivity index (χ4v) is 4.99. The van der Waals surface area contributed by atoms with E-state index in [1.54, 1.807) is 0 Å². The van der Waals surface area contributed by atoms with E-state index in [0.29, 0.717) is 11.1 Å². The van der Waals surface area contributed by atoms with Crippen LogP contribution in [-0.2, 0) is 26.1 Å². The highest BCUT2D eigenvalue weighted by Crippen LogP contribution is 2.49. The highest BCUT2D eigenvalue weighted by Gasteiger charge is 2.61. The van der Waals surface area contributed by atoms with E-state index in [1.807, 2.05) is 42.1 Å². The average molecular weight is 421 g/mol. The molecular weight excluding hydrogens is 394 g/mol. The number of esters is 2. The Kier molecular flexibility index (Phi) is 4.77. The van der Waals surface area contributed by atoms with E-state index in [-0.39, 0.29) is 42.3 Å². The topological polar surface area (TPSA) is 70.1 Å². The summed E-state index contributed by atoms with van der Waals surface area (Å²) in [7, 11) is 1.92. The number of carbonyl (C=O) groups is 2. The van der Waals surface area contributed by atoms with Gasteiger partial charge in [0.05, 0.1) is 11.2 Å². The van der Waals surface area contributed by atoms with Gasteiger partial charge in [-0.2, -0.15) is 0 Å². The van der Waals surface area contributed by atoms with E-state index < -0.39 is 0 Å². The van der Waals surface area contributed by atoms with Gasteiger partial charge in [0.25, 0.3) is 0 Å². The molecule has 4 atom stereocenters. The number of hydrogen-bond acceptors (Lipinski definition) is 5. The molecule has 0 unspecified atom stereocenters. The third-order valence-corrected chi connectivity index (χ3v) is 6.94. The quantitative estimate of drug-likeness (QED) is 0.323. The number of carbonyl (C=O) groups excluding carboxylic acids is 2. The molecule has 0 N–H and O–H groups in total. The molecule has 6 heteroatoms. The lowest BCUT2D eigenvalue weighted by Crippen LogP contribution is -2.29. The van der Waals surface area contributed by atoms with Crippen molar-refractivity contribution in [3.05, 3.63) is 59.8 Å². The molecule has 2 saturated heterocycles. The average Bonchev–Trinajstić information content (AvgIpc) is 3.19. The molecule has 3 aliphatic rings. The Balaban J connectivity index is 1.31. The Labute approximate surface area is 181 Å². The summed E-state index contributed by atoms with van der Waals surface area (Å²) in [6.45, 7) is 6.26. The van der Waals surface area contributed by atoms with Gasteiger partial charge in [0.1, 0.15) is 18.8 Å². The predicted molar refractivity (Wildman–Crippen MR) is 116 cm³/mol. The predicted octanol–water partition coefficient (Wildman–Crippen LogP) is 4.09. The molecule has 162 valence electrons. The van der Waals surface area contributed by atoms with Crippen molar-refractivity contribution < 1.29 is 23.8 Å². The molecule has 31 heavy (non-hydrogen) atoms. The van der Waals surface area contributed by atoms with Crippen molar-refractivity contribution in [2.45, 2.75) is 50.4 Å². The summed E-state index contributed by atoms with van der Waals surface area (Å²) in [5, 5.41) is 0.889. The lowest BCUT2D eigenvalue weighted by molar-refractivity contribution is -0.140. The van der Waals surface area contributed by atoms with Crippen LogP contribution >= 0.6 is 0 Å². The summed E-state index contributed by atoms with van der Waals surface area (Å²) >= 11 is 0. The molecule has 5 rings (SSSR count). The molecule has 0 radical (unpaired) electrons. The Morgan fingerprint density at radius 2 is 2.16 bits per heavy atom. The van der Waals surface area contributed by atoms with Gasteiger partial charge in [0.15, 0.2) is 0 Å². The molecular formula is C25H27NO5. The summed E-state index contributed by atoms with van der Waals surface area (Å²) in [6, 6.07) is 7.79. The first-order chi connectivity index (χ1) is 14.9. The molecule has 0 spiro atoms. The maximum Gasteiger partial charge on any atom is 0.340 e. The first-order valence-electron chi connectivity index (χ1n) is 10.8. The summed E-state index contributed by atoms with van der Waals surface area (Å²) in [5.74, 6) is -0.705. The van der Waals surface area contributed by atoms with Crippen LogP contribution in [0.5, 0.6) is 0 Å². The van der Waals surface area contributed by atoms with Gasteiger partial charge < -0.3 is 18.8 Å². The van der Waals surface area contributed by atoms with Crippen LogP contribution in [0.15, 0.2) is 54.3 Å². The number of para-hydroxylation sites is 1.